The van der Waals surface area contributed by atoms with Crippen LogP contribution in [0, 0.1) is 0 Å². The lowest BCUT2D eigenvalue weighted by Gasteiger charge is -2.39. The molecule has 1 unspecified atom stereocenters. The first kappa shape index (κ1) is 21.9. The van der Waals surface area contributed by atoms with Crippen molar-refractivity contribution < 1.29 is 14.3 Å². The van der Waals surface area contributed by atoms with E-state index in [2.05, 4.69) is 22.2 Å². The van der Waals surface area contributed by atoms with E-state index in [1.54, 1.807) is 32.2 Å². The number of benzene rings is 1. The fraction of sp³-hybridized carbons (Fsp3) is 0.500. The highest BCUT2D eigenvalue weighted by Gasteiger charge is 2.38. The monoisotopic (exact) mass is 440 g/mol. The first-order valence-corrected chi connectivity index (χ1v) is 10.4. The number of hydrogen-bond donors (Lipinski definition) is 1. The summed E-state index contributed by atoms with van der Waals surface area (Å²) >= 11 is 12.4. The average Bonchev–Trinajstić information content (AvgIpc) is 2.67. The normalized spacial score (nSPS) is 21.3. The summed E-state index contributed by atoms with van der Waals surface area (Å²) in [7, 11) is 3.75. The molecule has 0 aliphatic carbocycles. The Morgan fingerprint density at radius 2 is 1.90 bits per heavy atom. The molecule has 1 saturated heterocycles. The summed E-state index contributed by atoms with van der Waals surface area (Å²) in [5.74, 6) is -0.459. The Bertz CT molecular complexity index is 822. The van der Waals surface area contributed by atoms with Gasteiger partial charge in [-0.25, -0.2) is 9.59 Å². The van der Waals surface area contributed by atoms with Crippen molar-refractivity contribution in [2.24, 2.45) is 0 Å². The molecule has 7 nitrogen and oxygen atoms in total. The minimum atomic E-state index is -0.704. The first-order chi connectivity index (χ1) is 13.8. The van der Waals surface area contributed by atoms with Crippen molar-refractivity contribution in [2.75, 3.05) is 53.4 Å². The molecule has 2 heterocycles. The van der Waals surface area contributed by atoms with Gasteiger partial charge >= 0.3 is 12.0 Å². The van der Waals surface area contributed by atoms with E-state index in [1.807, 2.05) is 0 Å². The molecule has 0 bridgehead atoms. The average molecular weight is 441 g/mol. The summed E-state index contributed by atoms with van der Waals surface area (Å²) in [6.45, 7) is 6.06. The molecule has 1 N–H and O–H groups in total. The van der Waals surface area contributed by atoms with Crippen LogP contribution < -0.4 is 5.32 Å². The molecule has 3 rings (SSSR count). The second-order valence-corrected chi connectivity index (χ2v) is 8.11. The third kappa shape index (κ3) is 4.86. The van der Waals surface area contributed by atoms with Crippen LogP contribution in [0.25, 0.3) is 0 Å². The number of urea groups is 1. The minimum absolute atomic E-state index is 0.239. The van der Waals surface area contributed by atoms with Crippen LogP contribution in [0.4, 0.5) is 4.79 Å². The minimum Gasteiger partial charge on any atom is -0.463 e. The van der Waals surface area contributed by atoms with Gasteiger partial charge < -0.3 is 15.0 Å². The Hall–Kier alpha value is -1.80. The van der Waals surface area contributed by atoms with Gasteiger partial charge in [0.2, 0.25) is 0 Å². The molecular formula is C20H26Cl2N4O3. The zero-order valence-corrected chi connectivity index (χ0v) is 18.4. The van der Waals surface area contributed by atoms with Crippen molar-refractivity contribution in [1.82, 2.24) is 20.0 Å². The lowest BCUT2D eigenvalue weighted by Crippen LogP contribution is -2.51. The molecule has 2 aliphatic rings. The molecule has 1 aromatic carbocycles. The summed E-state index contributed by atoms with van der Waals surface area (Å²) < 4.78 is 5.35. The number of carbonyl (C=O) groups is 2. The molecular weight excluding hydrogens is 415 g/mol. The quantitative estimate of drug-likeness (QED) is 0.712. The number of halogens is 2. The van der Waals surface area contributed by atoms with Crippen molar-refractivity contribution in [3.05, 3.63) is 45.1 Å². The van der Waals surface area contributed by atoms with Gasteiger partial charge in [0.05, 0.1) is 18.2 Å². The van der Waals surface area contributed by atoms with Crippen LogP contribution in [-0.2, 0) is 9.53 Å². The molecule has 9 heteroatoms. The van der Waals surface area contributed by atoms with Gasteiger partial charge in [-0.3, -0.25) is 9.80 Å². The molecule has 158 valence electrons. The number of ether oxygens (including phenoxy) is 1. The van der Waals surface area contributed by atoms with Crippen LogP contribution in [0.3, 0.4) is 0 Å². The van der Waals surface area contributed by atoms with Gasteiger partial charge in [-0.2, -0.15) is 0 Å². The van der Waals surface area contributed by atoms with E-state index < -0.39 is 12.0 Å². The highest BCUT2D eigenvalue weighted by Crippen LogP contribution is 2.36. The Balaban J connectivity index is 2.05. The van der Waals surface area contributed by atoms with Crippen molar-refractivity contribution in [2.45, 2.75) is 13.0 Å². The molecule has 0 aromatic heterocycles. The standard InChI is InChI=1S/C20H26Cl2N4O3/c1-4-29-19(27)17-16(12-26-9-7-24(2)8-10-26)25(3)20(28)23-18(17)14-6-5-13(21)11-15(14)22/h5-6,11,18H,4,7-10,12H2,1-3H3,(H,23,28). The van der Waals surface area contributed by atoms with E-state index in [1.165, 1.54) is 4.90 Å². The van der Waals surface area contributed by atoms with Gasteiger partial charge in [0.25, 0.3) is 0 Å². The Labute approximate surface area is 181 Å². The van der Waals surface area contributed by atoms with Gasteiger partial charge in [0.15, 0.2) is 0 Å². The summed E-state index contributed by atoms with van der Waals surface area (Å²) in [6.07, 6.45) is 0. The summed E-state index contributed by atoms with van der Waals surface area (Å²) in [5, 5.41) is 3.75. The van der Waals surface area contributed by atoms with Crippen LogP contribution in [-0.4, -0.2) is 80.1 Å². The second-order valence-electron chi connectivity index (χ2n) is 7.27. The molecule has 29 heavy (non-hydrogen) atoms. The number of hydrogen-bond acceptors (Lipinski definition) is 5. The van der Waals surface area contributed by atoms with E-state index in [0.717, 1.165) is 26.2 Å². The fourth-order valence-electron chi connectivity index (χ4n) is 3.58. The van der Waals surface area contributed by atoms with Crippen LogP contribution in [0.2, 0.25) is 10.0 Å². The van der Waals surface area contributed by atoms with Crippen molar-refractivity contribution in [1.29, 1.82) is 0 Å². The molecule has 2 aliphatic heterocycles. The Morgan fingerprint density at radius 1 is 1.21 bits per heavy atom. The second kappa shape index (κ2) is 9.34. The fourth-order valence-corrected chi connectivity index (χ4v) is 4.10. The summed E-state index contributed by atoms with van der Waals surface area (Å²) in [6, 6.07) is 4.03. The van der Waals surface area contributed by atoms with Gasteiger partial charge in [0, 0.05) is 55.5 Å². The third-order valence-corrected chi connectivity index (χ3v) is 5.88. The van der Waals surface area contributed by atoms with Crippen molar-refractivity contribution in [3.8, 4) is 0 Å². The number of amides is 2. The van der Waals surface area contributed by atoms with Crippen LogP contribution in [0.5, 0.6) is 0 Å². The molecule has 1 fully saturated rings. The number of likely N-dealkylation sites (N-methyl/N-ethyl adjacent to an activating group) is 2. The highest BCUT2D eigenvalue weighted by atomic mass is 35.5. The number of carbonyl (C=O) groups excluding carboxylic acids is 2. The lowest BCUT2D eigenvalue weighted by atomic mass is 9.94. The number of rotatable bonds is 5. The lowest BCUT2D eigenvalue weighted by molar-refractivity contribution is -0.139. The molecule has 1 aromatic rings. The first-order valence-electron chi connectivity index (χ1n) is 9.62. The van der Waals surface area contributed by atoms with Gasteiger partial charge in [-0.05, 0) is 31.7 Å². The van der Waals surface area contributed by atoms with Crippen molar-refractivity contribution in [3.63, 3.8) is 0 Å². The maximum atomic E-state index is 13.0. The maximum absolute atomic E-state index is 13.0. The number of nitrogens with one attached hydrogen (secondary N) is 1. The Kier molecular flexibility index (Phi) is 7.05. The van der Waals surface area contributed by atoms with Crippen molar-refractivity contribution >= 4 is 35.2 Å². The van der Waals surface area contributed by atoms with E-state index in [-0.39, 0.29) is 12.6 Å². The largest absolute Gasteiger partial charge is 0.463 e. The SMILES string of the molecule is CCOC(=O)C1=C(CN2CCN(C)CC2)N(C)C(=O)NC1c1ccc(Cl)cc1Cl. The van der Waals surface area contributed by atoms with Crippen LogP contribution in [0.1, 0.15) is 18.5 Å². The predicted octanol–water partition coefficient (Wildman–Crippen LogP) is 2.75. The van der Waals surface area contributed by atoms with Crippen LogP contribution in [0.15, 0.2) is 29.5 Å². The van der Waals surface area contributed by atoms with E-state index in [0.29, 0.717) is 33.4 Å². The zero-order chi connectivity index (χ0) is 21.1. The highest BCUT2D eigenvalue weighted by molar-refractivity contribution is 6.35. The molecule has 0 saturated carbocycles. The Morgan fingerprint density at radius 3 is 2.52 bits per heavy atom. The molecule has 2 amide bonds. The number of nitrogens with zero attached hydrogens (tertiary/aromatic N) is 3. The molecule has 0 radical (unpaired) electrons. The maximum Gasteiger partial charge on any atom is 0.338 e. The van der Waals surface area contributed by atoms with Crippen LogP contribution >= 0.6 is 23.2 Å². The predicted molar refractivity (Wildman–Crippen MR) is 113 cm³/mol. The number of piperazine rings is 1. The smallest absolute Gasteiger partial charge is 0.338 e. The number of esters is 1. The summed E-state index contributed by atoms with van der Waals surface area (Å²) in [4.78, 5) is 31.7. The summed E-state index contributed by atoms with van der Waals surface area (Å²) in [5.41, 5.74) is 1.64. The molecule has 0 spiro atoms. The molecule has 1 atom stereocenters. The topological polar surface area (TPSA) is 65.1 Å². The zero-order valence-electron chi connectivity index (χ0n) is 16.9. The van der Waals surface area contributed by atoms with E-state index in [4.69, 9.17) is 27.9 Å². The van der Waals surface area contributed by atoms with E-state index >= 15 is 0 Å². The third-order valence-electron chi connectivity index (χ3n) is 5.32. The van der Waals surface area contributed by atoms with Gasteiger partial charge in [-0.15, -0.1) is 0 Å². The van der Waals surface area contributed by atoms with Gasteiger partial charge in [-0.1, -0.05) is 29.3 Å². The van der Waals surface area contributed by atoms with Gasteiger partial charge in [0.1, 0.15) is 0 Å². The van der Waals surface area contributed by atoms with E-state index in [9.17, 15) is 9.59 Å².